The molecule has 4 nitrogen and oxygen atoms in total. The molecule has 0 spiro atoms. The number of hydrogen-bond donors (Lipinski definition) is 0. The number of rotatable bonds is 2. The fourth-order valence-electron chi connectivity index (χ4n) is 0.604. The number of aromatic nitrogens is 3. The molecule has 0 aliphatic rings. The van der Waals surface area contributed by atoms with Crippen LogP contribution in [0.15, 0.2) is 6.33 Å². The smallest absolute Gasteiger partial charge is 0.303 e. The molecule has 0 fully saturated rings. The Hall–Kier alpha value is -1.33. The van der Waals surface area contributed by atoms with Gasteiger partial charge in [0, 0.05) is 7.05 Å². The number of alkyl halides is 2. The zero-order valence-electron chi connectivity index (χ0n) is 5.66. The maximum absolute atomic E-state index is 11.7. The van der Waals surface area contributed by atoms with Gasteiger partial charge in [0.05, 0.1) is 0 Å². The lowest BCUT2D eigenvalue weighted by molar-refractivity contribution is 0.0663. The monoisotopic (exact) mass is 161 g/mol. The first kappa shape index (κ1) is 7.77. The van der Waals surface area contributed by atoms with E-state index >= 15 is 0 Å². The Labute approximate surface area is 60.8 Å². The average Bonchev–Trinajstić information content (AvgIpc) is 2.33. The van der Waals surface area contributed by atoms with E-state index in [0.717, 1.165) is 4.57 Å². The molecule has 0 unspecified atom stereocenters. The van der Waals surface area contributed by atoms with Crippen LogP contribution in [0.25, 0.3) is 0 Å². The number of hydrogen-bond acceptors (Lipinski definition) is 3. The first-order valence-electron chi connectivity index (χ1n) is 2.79. The van der Waals surface area contributed by atoms with E-state index in [1.807, 2.05) is 0 Å². The highest BCUT2D eigenvalue weighted by molar-refractivity contribution is 5.95. The summed E-state index contributed by atoms with van der Waals surface area (Å²) in [5.74, 6) is -1.62. The summed E-state index contributed by atoms with van der Waals surface area (Å²) in [4.78, 5) is 10.6. The van der Waals surface area contributed by atoms with Gasteiger partial charge in [-0.15, -0.1) is 10.2 Å². The van der Waals surface area contributed by atoms with Crippen molar-refractivity contribution < 1.29 is 13.6 Å². The Morgan fingerprint density at radius 1 is 1.73 bits per heavy atom. The molecule has 0 radical (unpaired) electrons. The minimum absolute atomic E-state index is 0.319. The molecule has 6 heteroatoms. The number of aryl methyl sites for hydroxylation is 1. The zero-order valence-corrected chi connectivity index (χ0v) is 5.66. The first-order valence-corrected chi connectivity index (χ1v) is 2.79. The third-order valence-corrected chi connectivity index (χ3v) is 1.13. The highest BCUT2D eigenvalue weighted by atomic mass is 19.3. The maximum Gasteiger partial charge on any atom is 0.303 e. The number of Topliss-reactive ketones (excluding diaryl/α,β-unsaturated/α-hetero) is 1. The quantitative estimate of drug-likeness (QED) is 0.584. The summed E-state index contributed by atoms with van der Waals surface area (Å²) in [6.45, 7) is 0. The average molecular weight is 161 g/mol. The molecule has 60 valence electrons. The van der Waals surface area contributed by atoms with Crippen molar-refractivity contribution in [2.24, 2.45) is 7.05 Å². The second-order valence-electron chi connectivity index (χ2n) is 1.93. The molecule has 0 N–H and O–H groups in total. The van der Waals surface area contributed by atoms with E-state index in [9.17, 15) is 13.6 Å². The number of halogens is 2. The van der Waals surface area contributed by atoms with Crippen LogP contribution in [0.4, 0.5) is 8.78 Å². The van der Waals surface area contributed by atoms with Crippen LogP contribution in [-0.4, -0.2) is 27.0 Å². The van der Waals surface area contributed by atoms with E-state index in [1.165, 1.54) is 13.4 Å². The third-order valence-electron chi connectivity index (χ3n) is 1.13. The van der Waals surface area contributed by atoms with Gasteiger partial charge < -0.3 is 4.57 Å². The predicted octanol–water partition coefficient (Wildman–Crippen LogP) is 0.263. The van der Waals surface area contributed by atoms with Crippen LogP contribution in [0.3, 0.4) is 0 Å². The fraction of sp³-hybridized carbons (Fsp3) is 0.400. The maximum atomic E-state index is 11.7. The van der Waals surface area contributed by atoms with Crippen molar-refractivity contribution in [1.82, 2.24) is 14.8 Å². The molecule has 1 aromatic heterocycles. The highest BCUT2D eigenvalue weighted by Crippen LogP contribution is 2.02. The van der Waals surface area contributed by atoms with Gasteiger partial charge in [-0.05, 0) is 0 Å². The lowest BCUT2D eigenvalue weighted by Gasteiger charge is -1.95. The van der Waals surface area contributed by atoms with Crippen LogP contribution >= 0.6 is 0 Å². The van der Waals surface area contributed by atoms with Gasteiger partial charge >= 0.3 is 6.43 Å². The van der Waals surface area contributed by atoms with Gasteiger partial charge in [0.1, 0.15) is 6.33 Å². The van der Waals surface area contributed by atoms with E-state index in [1.54, 1.807) is 0 Å². The van der Waals surface area contributed by atoms with Gasteiger partial charge in [-0.25, -0.2) is 8.78 Å². The normalized spacial score (nSPS) is 10.5. The van der Waals surface area contributed by atoms with Crippen LogP contribution in [0.1, 0.15) is 10.6 Å². The molecule has 0 aliphatic heterocycles. The van der Waals surface area contributed by atoms with Gasteiger partial charge in [0.25, 0.3) is 5.78 Å². The summed E-state index contributed by atoms with van der Waals surface area (Å²) in [7, 11) is 1.43. The van der Waals surface area contributed by atoms with E-state index in [4.69, 9.17) is 0 Å². The van der Waals surface area contributed by atoms with Crippen LogP contribution in [-0.2, 0) is 7.05 Å². The second kappa shape index (κ2) is 2.73. The highest BCUT2D eigenvalue weighted by Gasteiger charge is 2.21. The van der Waals surface area contributed by atoms with E-state index in [2.05, 4.69) is 10.2 Å². The topological polar surface area (TPSA) is 47.8 Å². The lowest BCUT2D eigenvalue weighted by Crippen LogP contribution is -2.15. The molecule has 0 amide bonds. The van der Waals surface area contributed by atoms with Gasteiger partial charge in [0.2, 0.25) is 5.82 Å². The lowest BCUT2D eigenvalue weighted by atomic mass is 10.4. The standard InChI is InChI=1S/C5H5F2N3O/c1-10-2-8-9-5(10)3(11)4(6)7/h2,4H,1H3. The third kappa shape index (κ3) is 1.39. The molecule has 0 bridgehead atoms. The molecule has 0 aromatic carbocycles. The van der Waals surface area contributed by atoms with Crippen LogP contribution in [0.2, 0.25) is 0 Å². The van der Waals surface area contributed by atoms with Crippen molar-refractivity contribution in [3.8, 4) is 0 Å². The number of carbonyl (C=O) groups excluding carboxylic acids is 1. The van der Waals surface area contributed by atoms with Crippen molar-refractivity contribution in [2.45, 2.75) is 6.43 Å². The Morgan fingerprint density at radius 2 is 2.36 bits per heavy atom. The fourth-order valence-corrected chi connectivity index (χ4v) is 0.604. The Bertz CT molecular complexity index is 270. The molecule has 0 saturated carbocycles. The minimum Gasteiger partial charge on any atom is -0.314 e. The number of carbonyl (C=O) groups is 1. The molecule has 1 heterocycles. The molecule has 0 aliphatic carbocycles. The second-order valence-corrected chi connectivity index (χ2v) is 1.93. The van der Waals surface area contributed by atoms with Crippen LogP contribution in [0, 0.1) is 0 Å². The molecule has 1 rings (SSSR count). The molecular weight excluding hydrogens is 156 g/mol. The zero-order chi connectivity index (χ0) is 8.43. The Morgan fingerprint density at radius 3 is 2.73 bits per heavy atom. The first-order chi connectivity index (χ1) is 5.13. The predicted molar refractivity (Wildman–Crippen MR) is 31.3 cm³/mol. The molecule has 0 atom stereocenters. The number of nitrogens with zero attached hydrogens (tertiary/aromatic N) is 3. The van der Waals surface area contributed by atoms with Crippen molar-refractivity contribution in [2.75, 3.05) is 0 Å². The molecule has 0 saturated heterocycles. The van der Waals surface area contributed by atoms with Crippen molar-refractivity contribution >= 4 is 5.78 Å². The van der Waals surface area contributed by atoms with Gasteiger partial charge in [-0.3, -0.25) is 4.79 Å². The largest absolute Gasteiger partial charge is 0.314 e. The van der Waals surface area contributed by atoms with Gasteiger partial charge in [-0.1, -0.05) is 0 Å². The summed E-state index contributed by atoms with van der Waals surface area (Å²) < 4.78 is 24.6. The van der Waals surface area contributed by atoms with E-state index < -0.39 is 12.2 Å². The SMILES string of the molecule is Cn1cnnc1C(=O)C(F)F. The van der Waals surface area contributed by atoms with E-state index in [-0.39, 0.29) is 5.82 Å². The Balaban J connectivity index is 2.93. The van der Waals surface area contributed by atoms with Crippen LogP contribution < -0.4 is 0 Å². The Kier molecular flexibility index (Phi) is 1.93. The number of ketones is 1. The summed E-state index contributed by atoms with van der Waals surface area (Å²) >= 11 is 0. The van der Waals surface area contributed by atoms with Crippen molar-refractivity contribution in [3.05, 3.63) is 12.2 Å². The van der Waals surface area contributed by atoms with Gasteiger partial charge in [-0.2, -0.15) is 0 Å². The molecular formula is C5H5F2N3O. The summed E-state index contributed by atoms with van der Waals surface area (Å²) in [6.07, 6.45) is -1.83. The van der Waals surface area contributed by atoms with Crippen molar-refractivity contribution in [1.29, 1.82) is 0 Å². The minimum atomic E-state index is -3.02. The van der Waals surface area contributed by atoms with Gasteiger partial charge in [0.15, 0.2) is 0 Å². The molecule has 1 aromatic rings. The van der Waals surface area contributed by atoms with E-state index in [0.29, 0.717) is 0 Å². The summed E-state index contributed by atoms with van der Waals surface area (Å²) in [5.41, 5.74) is 0. The summed E-state index contributed by atoms with van der Waals surface area (Å²) in [5, 5.41) is 6.50. The summed E-state index contributed by atoms with van der Waals surface area (Å²) in [6, 6.07) is 0. The van der Waals surface area contributed by atoms with Crippen LogP contribution in [0.5, 0.6) is 0 Å². The molecule has 11 heavy (non-hydrogen) atoms. The van der Waals surface area contributed by atoms with Crippen molar-refractivity contribution in [3.63, 3.8) is 0 Å².